The lowest BCUT2D eigenvalue weighted by Crippen LogP contribution is -2.23. The van der Waals surface area contributed by atoms with Gasteiger partial charge in [-0.05, 0) is 60.0 Å². The van der Waals surface area contributed by atoms with Crippen LogP contribution in [0.2, 0.25) is 0 Å². The molecule has 1 amide bonds. The minimum atomic E-state index is -0.290. The highest BCUT2D eigenvalue weighted by Crippen LogP contribution is 2.37. The molecule has 0 spiro atoms. The maximum atomic E-state index is 13.1. The molecule has 0 aliphatic carbocycles. The summed E-state index contributed by atoms with van der Waals surface area (Å²) in [5.74, 6) is 1.93. The van der Waals surface area contributed by atoms with E-state index in [1.807, 2.05) is 31.2 Å². The molecule has 4 rings (SSSR count). The van der Waals surface area contributed by atoms with Gasteiger partial charge in [0.25, 0.3) is 5.91 Å². The second-order valence-corrected chi connectivity index (χ2v) is 7.81. The molecule has 30 heavy (non-hydrogen) atoms. The van der Waals surface area contributed by atoms with Crippen molar-refractivity contribution in [3.8, 4) is 11.5 Å². The monoisotopic (exact) mass is 470 g/mol. The van der Waals surface area contributed by atoms with Crippen LogP contribution in [0.4, 0.5) is 11.6 Å². The lowest BCUT2D eigenvalue weighted by molar-refractivity contribution is 0.102. The molecule has 0 bridgehead atoms. The summed E-state index contributed by atoms with van der Waals surface area (Å²) in [6.45, 7) is 4.19. The van der Waals surface area contributed by atoms with Crippen molar-refractivity contribution in [1.82, 2.24) is 9.97 Å². The number of anilines is 2. The van der Waals surface area contributed by atoms with Gasteiger partial charge in [0.2, 0.25) is 0 Å². The lowest BCUT2D eigenvalue weighted by atomic mass is 10.2. The second-order valence-electron chi connectivity index (χ2n) is 6.96. The van der Waals surface area contributed by atoms with E-state index in [2.05, 4.69) is 26.1 Å². The van der Waals surface area contributed by atoms with E-state index >= 15 is 0 Å². The first-order valence-electron chi connectivity index (χ1n) is 9.94. The SMILES string of the molecule is CCOc1c(Br)cc(C(=O)Nc2nc3ccccc3nc2N2CCCC2)cc1OC. The molecular formula is C22H23BrN4O3. The molecule has 1 aliphatic rings. The minimum absolute atomic E-state index is 0.290. The minimum Gasteiger partial charge on any atom is -0.493 e. The zero-order valence-corrected chi connectivity index (χ0v) is 18.5. The van der Waals surface area contributed by atoms with E-state index in [1.54, 1.807) is 19.2 Å². The Balaban J connectivity index is 1.70. The van der Waals surface area contributed by atoms with Crippen molar-refractivity contribution in [2.75, 3.05) is 37.0 Å². The molecule has 2 heterocycles. The van der Waals surface area contributed by atoms with Gasteiger partial charge in [-0.1, -0.05) is 12.1 Å². The maximum absolute atomic E-state index is 13.1. The van der Waals surface area contributed by atoms with E-state index in [4.69, 9.17) is 19.4 Å². The Morgan fingerprint density at radius 2 is 1.87 bits per heavy atom. The number of rotatable bonds is 6. The van der Waals surface area contributed by atoms with Crippen molar-refractivity contribution in [2.45, 2.75) is 19.8 Å². The lowest BCUT2D eigenvalue weighted by Gasteiger charge is -2.20. The third kappa shape index (κ3) is 4.05. The molecule has 0 unspecified atom stereocenters. The number of methoxy groups -OCH3 is 1. The number of ether oxygens (including phenoxy) is 2. The van der Waals surface area contributed by atoms with Crippen molar-refractivity contribution in [3.63, 3.8) is 0 Å². The number of nitrogens with zero attached hydrogens (tertiary/aromatic N) is 3. The molecule has 1 aromatic heterocycles. The first-order chi connectivity index (χ1) is 14.6. The van der Waals surface area contributed by atoms with Gasteiger partial charge in [-0.15, -0.1) is 0 Å². The average Bonchev–Trinajstić information content (AvgIpc) is 3.29. The molecule has 1 saturated heterocycles. The summed E-state index contributed by atoms with van der Waals surface area (Å²) in [5, 5.41) is 2.95. The fraction of sp³-hybridized carbons (Fsp3) is 0.318. The standard InChI is InChI=1S/C22H23BrN4O3/c1-3-30-19-15(23)12-14(13-18(19)29-2)22(28)26-20-21(27-10-6-7-11-27)25-17-9-5-4-8-16(17)24-20/h4-5,8-9,12-13H,3,6-7,10-11H2,1-2H3,(H,24,26,28). The predicted octanol–water partition coefficient (Wildman–Crippen LogP) is 4.65. The highest BCUT2D eigenvalue weighted by Gasteiger charge is 2.22. The quantitative estimate of drug-likeness (QED) is 0.564. The van der Waals surface area contributed by atoms with Gasteiger partial charge in [0, 0.05) is 18.7 Å². The summed E-state index contributed by atoms with van der Waals surface area (Å²) in [6.07, 6.45) is 2.20. The Morgan fingerprint density at radius 3 is 2.53 bits per heavy atom. The largest absolute Gasteiger partial charge is 0.493 e. The zero-order valence-electron chi connectivity index (χ0n) is 16.9. The molecule has 1 fully saturated rings. The first kappa shape index (κ1) is 20.4. The molecular weight excluding hydrogens is 448 g/mol. The number of para-hydroxylation sites is 2. The highest BCUT2D eigenvalue weighted by molar-refractivity contribution is 9.10. The van der Waals surface area contributed by atoms with Crippen molar-refractivity contribution in [1.29, 1.82) is 0 Å². The van der Waals surface area contributed by atoms with E-state index in [-0.39, 0.29) is 5.91 Å². The van der Waals surface area contributed by atoms with Gasteiger partial charge in [-0.25, -0.2) is 9.97 Å². The number of nitrogens with one attached hydrogen (secondary N) is 1. The number of benzene rings is 2. The predicted molar refractivity (Wildman–Crippen MR) is 121 cm³/mol. The van der Waals surface area contributed by atoms with Crippen LogP contribution < -0.4 is 19.7 Å². The van der Waals surface area contributed by atoms with Gasteiger partial charge in [0.05, 0.1) is 29.2 Å². The van der Waals surface area contributed by atoms with E-state index in [0.29, 0.717) is 39.8 Å². The summed E-state index contributed by atoms with van der Waals surface area (Å²) in [5.41, 5.74) is 1.98. The third-order valence-electron chi connectivity index (χ3n) is 4.97. The maximum Gasteiger partial charge on any atom is 0.257 e. The second kappa shape index (κ2) is 8.87. The third-order valence-corrected chi connectivity index (χ3v) is 5.56. The summed E-state index contributed by atoms with van der Waals surface area (Å²) in [7, 11) is 1.55. The Bertz CT molecular complexity index is 1080. The molecule has 1 aliphatic heterocycles. The normalized spacial score (nSPS) is 13.5. The van der Waals surface area contributed by atoms with Crippen LogP contribution in [-0.2, 0) is 0 Å². The number of fused-ring (bicyclic) bond motifs is 1. The molecule has 1 N–H and O–H groups in total. The van der Waals surface area contributed by atoms with Gasteiger partial charge in [0.15, 0.2) is 23.1 Å². The Morgan fingerprint density at radius 1 is 1.17 bits per heavy atom. The van der Waals surface area contributed by atoms with Gasteiger partial charge in [-0.2, -0.15) is 0 Å². The van der Waals surface area contributed by atoms with E-state index < -0.39 is 0 Å². The summed E-state index contributed by atoms with van der Waals surface area (Å²) < 4.78 is 11.7. The molecule has 3 aromatic rings. The first-order valence-corrected chi connectivity index (χ1v) is 10.7. The molecule has 7 nitrogen and oxygen atoms in total. The average molecular weight is 471 g/mol. The number of aromatic nitrogens is 2. The van der Waals surface area contributed by atoms with E-state index in [0.717, 1.165) is 37.0 Å². The van der Waals surface area contributed by atoms with Gasteiger partial charge < -0.3 is 19.7 Å². The van der Waals surface area contributed by atoms with Crippen molar-refractivity contribution in [3.05, 3.63) is 46.4 Å². The number of carbonyl (C=O) groups excluding carboxylic acids is 1. The highest BCUT2D eigenvalue weighted by atomic mass is 79.9. The van der Waals surface area contributed by atoms with Crippen LogP contribution in [0, 0.1) is 0 Å². The fourth-order valence-electron chi connectivity index (χ4n) is 3.54. The molecule has 0 atom stereocenters. The fourth-order valence-corrected chi connectivity index (χ4v) is 4.10. The van der Waals surface area contributed by atoms with Gasteiger partial charge in [-0.3, -0.25) is 4.79 Å². The zero-order chi connectivity index (χ0) is 21.1. The Hall–Kier alpha value is -2.87. The van der Waals surface area contributed by atoms with E-state index in [9.17, 15) is 4.79 Å². The summed E-state index contributed by atoms with van der Waals surface area (Å²) >= 11 is 3.47. The topological polar surface area (TPSA) is 76.6 Å². The smallest absolute Gasteiger partial charge is 0.257 e. The summed E-state index contributed by atoms with van der Waals surface area (Å²) in [4.78, 5) is 24.7. The summed E-state index contributed by atoms with van der Waals surface area (Å²) in [6, 6.07) is 11.0. The number of amides is 1. The van der Waals surface area contributed by atoms with Gasteiger partial charge >= 0.3 is 0 Å². The number of carbonyl (C=O) groups is 1. The molecule has 0 saturated carbocycles. The number of hydrogen-bond donors (Lipinski definition) is 1. The number of halogens is 1. The van der Waals surface area contributed by atoms with E-state index in [1.165, 1.54) is 0 Å². The van der Waals surface area contributed by atoms with Crippen LogP contribution in [-0.4, -0.2) is 42.7 Å². The van der Waals surface area contributed by atoms with Crippen LogP contribution in [0.1, 0.15) is 30.1 Å². The van der Waals surface area contributed by atoms with Crippen molar-refractivity contribution < 1.29 is 14.3 Å². The Kier molecular flexibility index (Phi) is 6.03. The molecule has 0 radical (unpaired) electrons. The van der Waals surface area contributed by atoms with Crippen LogP contribution in [0.15, 0.2) is 40.9 Å². The molecule has 156 valence electrons. The van der Waals surface area contributed by atoms with Crippen molar-refractivity contribution in [2.24, 2.45) is 0 Å². The Labute approximate surface area is 183 Å². The van der Waals surface area contributed by atoms with Gasteiger partial charge in [0.1, 0.15) is 0 Å². The molecule has 2 aromatic carbocycles. The van der Waals surface area contributed by atoms with Crippen LogP contribution >= 0.6 is 15.9 Å². The van der Waals surface area contributed by atoms with Crippen LogP contribution in [0.25, 0.3) is 11.0 Å². The van der Waals surface area contributed by atoms with Crippen LogP contribution in [0.5, 0.6) is 11.5 Å². The molecule has 8 heteroatoms. The van der Waals surface area contributed by atoms with Crippen molar-refractivity contribution >= 4 is 44.5 Å². The van der Waals surface area contributed by atoms with Crippen LogP contribution in [0.3, 0.4) is 0 Å². The number of hydrogen-bond acceptors (Lipinski definition) is 6.